The minimum absolute atomic E-state index is 0.335. The molecule has 0 aliphatic rings. The van der Waals surface area contributed by atoms with Gasteiger partial charge >= 0.3 is 0 Å². The van der Waals surface area contributed by atoms with Crippen LogP contribution in [0.2, 0.25) is 10.0 Å². The summed E-state index contributed by atoms with van der Waals surface area (Å²) in [5, 5.41) is 4.89. The van der Waals surface area contributed by atoms with Gasteiger partial charge in [0.2, 0.25) is 0 Å². The summed E-state index contributed by atoms with van der Waals surface area (Å²) < 4.78 is 5.53. The molecule has 0 spiro atoms. The van der Waals surface area contributed by atoms with Gasteiger partial charge in [-0.05, 0) is 49.7 Å². The first-order chi connectivity index (χ1) is 11.4. The summed E-state index contributed by atoms with van der Waals surface area (Å²) in [7, 11) is 0. The molecule has 0 saturated heterocycles. The standard InChI is InChI=1S/C17H17Cl2N3O2/c1-10(12-4-3-5-14(20)8-12)21-22-17(23)11(2)24-16-7-6-13(18)9-15(16)19/h3-9,11H,20H2,1-2H3,(H,22,23)/b21-10+. The van der Waals surface area contributed by atoms with Crippen LogP contribution >= 0.6 is 23.2 Å². The lowest BCUT2D eigenvalue weighted by atomic mass is 10.1. The Hall–Kier alpha value is -2.24. The van der Waals surface area contributed by atoms with Crippen LogP contribution in [0.25, 0.3) is 0 Å². The summed E-state index contributed by atoms with van der Waals surface area (Å²) in [6, 6.07) is 12.0. The van der Waals surface area contributed by atoms with Crippen molar-refractivity contribution < 1.29 is 9.53 Å². The maximum absolute atomic E-state index is 12.1. The van der Waals surface area contributed by atoms with Crippen molar-refractivity contribution in [2.75, 3.05) is 5.73 Å². The zero-order valence-corrected chi connectivity index (χ0v) is 14.7. The zero-order chi connectivity index (χ0) is 17.7. The van der Waals surface area contributed by atoms with E-state index in [-0.39, 0.29) is 0 Å². The number of anilines is 1. The van der Waals surface area contributed by atoms with E-state index in [0.29, 0.717) is 27.2 Å². The Balaban J connectivity index is 1.99. The fraction of sp³-hybridized carbons (Fsp3) is 0.176. The largest absolute Gasteiger partial charge is 0.479 e. The van der Waals surface area contributed by atoms with Gasteiger partial charge in [0, 0.05) is 10.7 Å². The number of hydrogen-bond acceptors (Lipinski definition) is 4. The molecule has 1 amide bonds. The van der Waals surface area contributed by atoms with Crippen LogP contribution in [0.15, 0.2) is 47.6 Å². The smallest absolute Gasteiger partial charge is 0.280 e. The maximum atomic E-state index is 12.1. The van der Waals surface area contributed by atoms with E-state index in [1.54, 1.807) is 44.2 Å². The molecule has 2 aromatic rings. The number of carbonyl (C=O) groups is 1. The molecule has 24 heavy (non-hydrogen) atoms. The molecule has 0 radical (unpaired) electrons. The number of amides is 1. The Morgan fingerprint density at radius 3 is 2.67 bits per heavy atom. The van der Waals surface area contributed by atoms with Crippen molar-refractivity contribution in [3.63, 3.8) is 0 Å². The van der Waals surface area contributed by atoms with Crippen molar-refractivity contribution in [1.82, 2.24) is 5.43 Å². The van der Waals surface area contributed by atoms with E-state index in [2.05, 4.69) is 10.5 Å². The van der Waals surface area contributed by atoms with Crippen molar-refractivity contribution in [3.05, 3.63) is 58.1 Å². The molecule has 2 rings (SSSR count). The number of hydrogen-bond donors (Lipinski definition) is 2. The number of ether oxygens (including phenoxy) is 1. The van der Waals surface area contributed by atoms with E-state index >= 15 is 0 Å². The monoisotopic (exact) mass is 365 g/mol. The van der Waals surface area contributed by atoms with E-state index in [1.165, 1.54) is 0 Å². The predicted molar refractivity (Wildman–Crippen MR) is 97.8 cm³/mol. The number of halogens is 2. The minimum atomic E-state index is -0.777. The van der Waals surface area contributed by atoms with Gasteiger partial charge in [-0.25, -0.2) is 5.43 Å². The lowest BCUT2D eigenvalue weighted by Gasteiger charge is -2.14. The van der Waals surface area contributed by atoms with Crippen LogP contribution < -0.4 is 15.9 Å². The number of nitrogen functional groups attached to an aromatic ring is 1. The number of hydrazone groups is 1. The van der Waals surface area contributed by atoms with Crippen LogP contribution in [0.5, 0.6) is 5.75 Å². The molecule has 126 valence electrons. The lowest BCUT2D eigenvalue weighted by Crippen LogP contribution is -2.34. The average molecular weight is 366 g/mol. The molecule has 1 unspecified atom stereocenters. The van der Waals surface area contributed by atoms with E-state index in [4.69, 9.17) is 33.7 Å². The molecular formula is C17H17Cl2N3O2. The number of benzene rings is 2. The van der Waals surface area contributed by atoms with Crippen molar-refractivity contribution in [3.8, 4) is 5.75 Å². The molecule has 5 nitrogen and oxygen atoms in total. The Kier molecular flexibility index (Phi) is 6.06. The van der Waals surface area contributed by atoms with Crippen molar-refractivity contribution in [2.24, 2.45) is 5.10 Å². The highest BCUT2D eigenvalue weighted by Crippen LogP contribution is 2.28. The first-order valence-electron chi connectivity index (χ1n) is 7.18. The van der Waals surface area contributed by atoms with E-state index in [0.717, 1.165) is 5.56 Å². The number of nitrogens with zero attached hydrogens (tertiary/aromatic N) is 1. The first kappa shape index (κ1) is 18.1. The molecule has 2 aromatic carbocycles. The van der Waals surface area contributed by atoms with E-state index < -0.39 is 12.0 Å². The van der Waals surface area contributed by atoms with Gasteiger partial charge in [0.15, 0.2) is 6.10 Å². The molecule has 0 aliphatic carbocycles. The third-order valence-corrected chi connectivity index (χ3v) is 3.74. The van der Waals surface area contributed by atoms with Crippen LogP contribution in [0, 0.1) is 0 Å². The summed E-state index contributed by atoms with van der Waals surface area (Å²) in [4.78, 5) is 12.1. The summed E-state index contributed by atoms with van der Waals surface area (Å²) in [5.74, 6) is -0.0236. The summed E-state index contributed by atoms with van der Waals surface area (Å²) in [6.45, 7) is 3.38. The zero-order valence-electron chi connectivity index (χ0n) is 13.2. The molecule has 3 N–H and O–H groups in total. The van der Waals surface area contributed by atoms with Gasteiger partial charge < -0.3 is 10.5 Å². The molecule has 0 aromatic heterocycles. The van der Waals surface area contributed by atoms with E-state index in [1.807, 2.05) is 12.1 Å². The number of carbonyl (C=O) groups excluding carboxylic acids is 1. The van der Waals surface area contributed by atoms with Crippen LogP contribution in [-0.4, -0.2) is 17.7 Å². The Labute approximate surface area is 150 Å². The van der Waals surface area contributed by atoms with Crippen molar-refractivity contribution >= 4 is 40.5 Å². The Bertz CT molecular complexity index is 778. The molecule has 0 saturated carbocycles. The molecule has 0 bridgehead atoms. The van der Waals surface area contributed by atoms with Crippen LogP contribution in [0.4, 0.5) is 5.69 Å². The summed E-state index contributed by atoms with van der Waals surface area (Å²) >= 11 is 11.8. The Morgan fingerprint density at radius 2 is 2.00 bits per heavy atom. The van der Waals surface area contributed by atoms with Gasteiger partial charge in [-0.1, -0.05) is 35.3 Å². The second-order valence-corrected chi connectivity index (χ2v) is 5.98. The molecular weight excluding hydrogens is 349 g/mol. The van der Waals surface area contributed by atoms with E-state index in [9.17, 15) is 4.79 Å². The number of nitrogens with one attached hydrogen (secondary N) is 1. The van der Waals surface area contributed by atoms with Crippen molar-refractivity contribution in [1.29, 1.82) is 0 Å². The predicted octanol–water partition coefficient (Wildman–Crippen LogP) is 3.88. The van der Waals surface area contributed by atoms with Crippen LogP contribution in [0.3, 0.4) is 0 Å². The minimum Gasteiger partial charge on any atom is -0.479 e. The topological polar surface area (TPSA) is 76.7 Å². The SMILES string of the molecule is C/C(=N\NC(=O)C(C)Oc1ccc(Cl)cc1Cl)c1cccc(N)c1. The quantitative estimate of drug-likeness (QED) is 0.479. The second-order valence-electron chi connectivity index (χ2n) is 5.13. The van der Waals surface area contributed by atoms with Gasteiger partial charge in [0.25, 0.3) is 5.91 Å². The third kappa shape index (κ3) is 4.88. The fourth-order valence-corrected chi connectivity index (χ4v) is 2.33. The van der Waals surface area contributed by atoms with Gasteiger partial charge in [0.1, 0.15) is 5.75 Å². The van der Waals surface area contributed by atoms with Gasteiger partial charge in [-0.2, -0.15) is 5.10 Å². The fourth-order valence-electron chi connectivity index (χ4n) is 1.87. The highest BCUT2D eigenvalue weighted by Gasteiger charge is 2.16. The summed E-state index contributed by atoms with van der Waals surface area (Å²) in [5.41, 5.74) is 10.3. The van der Waals surface area contributed by atoms with Crippen molar-refractivity contribution in [2.45, 2.75) is 20.0 Å². The Morgan fingerprint density at radius 1 is 1.25 bits per heavy atom. The molecule has 0 fully saturated rings. The number of rotatable bonds is 5. The van der Waals surface area contributed by atoms with Gasteiger partial charge in [0.05, 0.1) is 10.7 Å². The normalized spacial score (nSPS) is 12.6. The maximum Gasteiger partial charge on any atom is 0.280 e. The molecule has 0 aliphatic heterocycles. The second kappa shape index (κ2) is 8.04. The van der Waals surface area contributed by atoms with Gasteiger partial charge in [-0.15, -0.1) is 0 Å². The highest BCUT2D eigenvalue weighted by molar-refractivity contribution is 6.35. The summed E-state index contributed by atoms with van der Waals surface area (Å²) in [6.07, 6.45) is -0.777. The lowest BCUT2D eigenvalue weighted by molar-refractivity contribution is -0.127. The van der Waals surface area contributed by atoms with Gasteiger partial charge in [-0.3, -0.25) is 4.79 Å². The number of nitrogens with two attached hydrogens (primary N) is 1. The van der Waals surface area contributed by atoms with Crippen LogP contribution in [-0.2, 0) is 4.79 Å². The molecule has 1 atom stereocenters. The molecule has 7 heteroatoms. The van der Waals surface area contributed by atoms with Crippen LogP contribution in [0.1, 0.15) is 19.4 Å². The average Bonchev–Trinajstić information content (AvgIpc) is 2.54. The first-order valence-corrected chi connectivity index (χ1v) is 7.94. The highest BCUT2D eigenvalue weighted by atomic mass is 35.5. The molecule has 0 heterocycles. The third-order valence-electron chi connectivity index (χ3n) is 3.21.